The second kappa shape index (κ2) is 4.16. The Morgan fingerprint density at radius 3 is 2.94 bits per heavy atom. The third-order valence-electron chi connectivity index (χ3n) is 3.35. The fourth-order valence-corrected chi connectivity index (χ4v) is 2.46. The fraction of sp³-hybridized carbons (Fsp3) is 0.462. The highest BCUT2D eigenvalue weighted by atomic mass is 16.5. The molecule has 16 heavy (non-hydrogen) atoms. The number of anilines is 1. The number of hydrogen-bond acceptors (Lipinski definition) is 3. The number of nitrogens with one attached hydrogen (secondary N) is 1. The minimum absolute atomic E-state index is 0.392. The Kier molecular flexibility index (Phi) is 2.52. The molecule has 2 aliphatic rings. The van der Waals surface area contributed by atoms with Gasteiger partial charge in [0.2, 0.25) is 0 Å². The number of amidine groups is 1. The number of ether oxygens (including phenoxy) is 1. The molecule has 3 heteroatoms. The highest BCUT2D eigenvalue weighted by molar-refractivity contribution is 5.89. The Morgan fingerprint density at radius 1 is 1.19 bits per heavy atom. The van der Waals surface area contributed by atoms with E-state index in [1.165, 1.54) is 19.3 Å². The summed E-state index contributed by atoms with van der Waals surface area (Å²) in [4.78, 5) is 4.45. The summed E-state index contributed by atoms with van der Waals surface area (Å²) >= 11 is 0. The van der Waals surface area contributed by atoms with Crippen molar-refractivity contribution in [2.24, 2.45) is 10.9 Å². The third-order valence-corrected chi connectivity index (χ3v) is 3.35. The Balaban J connectivity index is 1.68. The molecule has 3 nitrogen and oxygen atoms in total. The largest absolute Gasteiger partial charge is 0.461 e. The molecule has 1 saturated carbocycles. The number of hydrogen-bond donors (Lipinski definition) is 1. The lowest BCUT2D eigenvalue weighted by atomic mass is 10.1. The maximum absolute atomic E-state index is 5.85. The maximum Gasteiger partial charge on any atom is 0.289 e. The van der Waals surface area contributed by atoms with Gasteiger partial charge in [-0.25, -0.2) is 4.99 Å². The van der Waals surface area contributed by atoms with Crippen molar-refractivity contribution in [3.05, 3.63) is 30.3 Å². The summed E-state index contributed by atoms with van der Waals surface area (Å²) in [6.07, 6.45) is 4.12. The van der Waals surface area contributed by atoms with Gasteiger partial charge in [-0.3, -0.25) is 0 Å². The topological polar surface area (TPSA) is 33.6 Å². The van der Waals surface area contributed by atoms with E-state index in [1.54, 1.807) is 0 Å². The van der Waals surface area contributed by atoms with Crippen LogP contribution >= 0.6 is 0 Å². The Labute approximate surface area is 95.5 Å². The summed E-state index contributed by atoms with van der Waals surface area (Å²) in [5, 5.41) is 3.22. The van der Waals surface area contributed by atoms with Gasteiger partial charge in [-0.1, -0.05) is 18.2 Å². The van der Waals surface area contributed by atoms with E-state index in [9.17, 15) is 0 Å². The standard InChI is InChI=1S/C13H16N2O/c1-2-6-11(7-3-1)15-13-14-9-10-5-4-8-12(10)16-13/h1-3,6-7,10,12H,4-5,8-9H2,(H,14,15)/t10-,12+/m0/s1. The van der Waals surface area contributed by atoms with Gasteiger partial charge in [0.15, 0.2) is 0 Å². The zero-order valence-corrected chi connectivity index (χ0v) is 9.23. The van der Waals surface area contributed by atoms with Gasteiger partial charge in [0.1, 0.15) is 6.10 Å². The SMILES string of the molecule is c1ccc(NC2=NC[C@@H]3CCC[C@H]3O2)cc1. The quantitative estimate of drug-likeness (QED) is 0.783. The van der Waals surface area contributed by atoms with E-state index in [0.29, 0.717) is 18.0 Å². The van der Waals surface area contributed by atoms with Gasteiger partial charge >= 0.3 is 0 Å². The molecule has 84 valence electrons. The van der Waals surface area contributed by atoms with Gasteiger partial charge in [0, 0.05) is 11.6 Å². The molecule has 0 unspecified atom stereocenters. The lowest BCUT2D eigenvalue weighted by Gasteiger charge is -2.26. The molecule has 1 aromatic rings. The predicted molar refractivity (Wildman–Crippen MR) is 64.6 cm³/mol. The van der Waals surface area contributed by atoms with Gasteiger partial charge in [0.05, 0.1) is 6.54 Å². The van der Waals surface area contributed by atoms with Crippen LogP contribution < -0.4 is 5.32 Å². The lowest BCUT2D eigenvalue weighted by Crippen LogP contribution is -2.33. The molecule has 0 aromatic heterocycles. The Bertz CT molecular complexity index is 388. The molecule has 0 saturated heterocycles. The molecule has 0 bridgehead atoms. The summed E-state index contributed by atoms with van der Waals surface area (Å²) in [7, 11) is 0. The summed E-state index contributed by atoms with van der Waals surface area (Å²) < 4.78 is 5.85. The number of aliphatic imine (C=N–C) groups is 1. The zero-order valence-electron chi connectivity index (χ0n) is 9.23. The molecule has 1 heterocycles. The van der Waals surface area contributed by atoms with Crippen molar-refractivity contribution >= 4 is 11.7 Å². The molecular formula is C13H16N2O. The molecule has 2 atom stereocenters. The first-order valence-corrected chi connectivity index (χ1v) is 5.95. The molecule has 0 radical (unpaired) electrons. The van der Waals surface area contributed by atoms with Crippen molar-refractivity contribution in [1.82, 2.24) is 0 Å². The minimum Gasteiger partial charge on any atom is -0.461 e. The molecule has 3 rings (SSSR count). The first-order valence-electron chi connectivity index (χ1n) is 5.95. The van der Waals surface area contributed by atoms with E-state index in [0.717, 1.165) is 12.2 Å². The van der Waals surface area contributed by atoms with Crippen molar-refractivity contribution in [2.75, 3.05) is 11.9 Å². The van der Waals surface area contributed by atoms with Crippen molar-refractivity contribution in [1.29, 1.82) is 0 Å². The van der Waals surface area contributed by atoms with Crippen molar-refractivity contribution in [3.63, 3.8) is 0 Å². The van der Waals surface area contributed by atoms with Crippen LogP contribution in [0.2, 0.25) is 0 Å². The van der Waals surface area contributed by atoms with Crippen LogP contribution in [0.15, 0.2) is 35.3 Å². The van der Waals surface area contributed by atoms with E-state index in [1.807, 2.05) is 30.3 Å². The van der Waals surface area contributed by atoms with Crippen LogP contribution in [0.1, 0.15) is 19.3 Å². The summed E-state index contributed by atoms with van der Waals surface area (Å²) in [6, 6.07) is 10.7. The number of rotatable bonds is 1. The van der Waals surface area contributed by atoms with Crippen LogP contribution in [0.25, 0.3) is 0 Å². The molecular weight excluding hydrogens is 200 g/mol. The second-order valence-corrected chi connectivity index (χ2v) is 4.48. The first kappa shape index (κ1) is 9.70. The monoisotopic (exact) mass is 216 g/mol. The number of para-hydroxylation sites is 1. The summed E-state index contributed by atoms with van der Waals surface area (Å²) in [5.41, 5.74) is 1.04. The average Bonchev–Trinajstić information content (AvgIpc) is 2.77. The highest BCUT2D eigenvalue weighted by Gasteiger charge is 2.32. The lowest BCUT2D eigenvalue weighted by molar-refractivity contribution is 0.133. The van der Waals surface area contributed by atoms with Crippen LogP contribution in [-0.4, -0.2) is 18.7 Å². The number of nitrogens with zero attached hydrogens (tertiary/aromatic N) is 1. The molecule has 1 aliphatic heterocycles. The van der Waals surface area contributed by atoms with E-state index in [-0.39, 0.29) is 0 Å². The number of fused-ring (bicyclic) bond motifs is 1. The maximum atomic E-state index is 5.85. The summed E-state index contributed by atoms with van der Waals surface area (Å²) in [6.45, 7) is 0.917. The first-order chi connectivity index (χ1) is 7.92. The molecule has 1 aliphatic carbocycles. The summed E-state index contributed by atoms with van der Waals surface area (Å²) in [5.74, 6) is 0.654. The molecule has 1 fully saturated rings. The smallest absolute Gasteiger partial charge is 0.289 e. The van der Waals surface area contributed by atoms with Gasteiger partial charge < -0.3 is 10.1 Å². The fourth-order valence-electron chi connectivity index (χ4n) is 2.46. The van der Waals surface area contributed by atoms with Crippen molar-refractivity contribution in [2.45, 2.75) is 25.4 Å². The minimum atomic E-state index is 0.392. The molecule has 0 spiro atoms. The average molecular weight is 216 g/mol. The number of benzene rings is 1. The molecule has 1 aromatic carbocycles. The van der Waals surface area contributed by atoms with E-state index in [4.69, 9.17) is 4.74 Å². The van der Waals surface area contributed by atoms with Crippen LogP contribution in [0.3, 0.4) is 0 Å². The van der Waals surface area contributed by atoms with Gasteiger partial charge in [-0.2, -0.15) is 0 Å². The van der Waals surface area contributed by atoms with E-state index < -0.39 is 0 Å². The normalized spacial score (nSPS) is 27.9. The van der Waals surface area contributed by atoms with Crippen LogP contribution in [0, 0.1) is 5.92 Å². The Hall–Kier alpha value is -1.51. The molecule has 0 amide bonds. The zero-order chi connectivity index (χ0) is 10.8. The predicted octanol–water partition coefficient (Wildman–Crippen LogP) is 2.65. The van der Waals surface area contributed by atoms with Crippen LogP contribution in [-0.2, 0) is 4.74 Å². The van der Waals surface area contributed by atoms with Gasteiger partial charge in [0.25, 0.3) is 6.02 Å². The van der Waals surface area contributed by atoms with Crippen molar-refractivity contribution < 1.29 is 4.74 Å². The van der Waals surface area contributed by atoms with Crippen LogP contribution in [0.4, 0.5) is 5.69 Å². The van der Waals surface area contributed by atoms with Crippen LogP contribution in [0.5, 0.6) is 0 Å². The Morgan fingerprint density at radius 2 is 2.06 bits per heavy atom. The highest BCUT2D eigenvalue weighted by Crippen LogP contribution is 2.31. The molecule has 1 N–H and O–H groups in total. The van der Waals surface area contributed by atoms with E-state index in [2.05, 4.69) is 10.3 Å². The second-order valence-electron chi connectivity index (χ2n) is 4.48. The van der Waals surface area contributed by atoms with Gasteiger partial charge in [-0.05, 0) is 31.4 Å². The van der Waals surface area contributed by atoms with Gasteiger partial charge in [-0.15, -0.1) is 0 Å². The third kappa shape index (κ3) is 1.90. The van der Waals surface area contributed by atoms with Crippen molar-refractivity contribution in [3.8, 4) is 0 Å². The van der Waals surface area contributed by atoms with E-state index >= 15 is 0 Å².